The summed E-state index contributed by atoms with van der Waals surface area (Å²) in [7, 11) is -0.536. The Morgan fingerprint density at radius 1 is 1.29 bits per heavy atom. The Kier molecular flexibility index (Phi) is 4.84. The number of rotatable bonds is 4. The third-order valence-corrected chi connectivity index (χ3v) is 5.70. The lowest BCUT2D eigenvalue weighted by Crippen LogP contribution is -2.42. The summed E-state index contributed by atoms with van der Waals surface area (Å²) in [6, 6.07) is 6.57. The summed E-state index contributed by atoms with van der Waals surface area (Å²) in [5.41, 5.74) is 0. The van der Waals surface area contributed by atoms with E-state index < -0.39 is 10.0 Å². The molecule has 0 aliphatic carbocycles. The number of para-hydroxylation sites is 1. The fourth-order valence-electron chi connectivity index (χ4n) is 2.53. The first-order valence-corrected chi connectivity index (χ1v) is 8.29. The van der Waals surface area contributed by atoms with Crippen molar-refractivity contribution in [2.75, 3.05) is 27.2 Å². The van der Waals surface area contributed by atoms with E-state index in [9.17, 15) is 13.2 Å². The molecule has 1 aromatic carbocycles. The zero-order valence-corrected chi connectivity index (χ0v) is 13.0. The molecule has 0 atom stereocenters. The highest BCUT2D eigenvalue weighted by atomic mass is 32.2. The van der Waals surface area contributed by atoms with Crippen LogP contribution in [0.3, 0.4) is 0 Å². The standard InChI is InChI=1S/C14H20N2O4S/c1-15-14(17)11-7-9-16(10-8-11)21(18,19)13-6-4-3-5-12(13)20-2/h3-6,11H,7-10H2,1-2H3,(H,15,17). The number of sulfonamides is 1. The van der Waals surface area contributed by atoms with Gasteiger partial charge in [0.25, 0.3) is 0 Å². The molecule has 0 aromatic heterocycles. The minimum Gasteiger partial charge on any atom is -0.495 e. The number of amides is 1. The van der Waals surface area contributed by atoms with Crippen LogP contribution in [-0.2, 0) is 14.8 Å². The van der Waals surface area contributed by atoms with Crippen molar-refractivity contribution in [3.63, 3.8) is 0 Å². The van der Waals surface area contributed by atoms with E-state index in [4.69, 9.17) is 4.74 Å². The van der Waals surface area contributed by atoms with Crippen molar-refractivity contribution in [1.82, 2.24) is 9.62 Å². The van der Waals surface area contributed by atoms with Gasteiger partial charge in [0.15, 0.2) is 0 Å². The highest BCUT2D eigenvalue weighted by Crippen LogP contribution is 2.29. The maximum Gasteiger partial charge on any atom is 0.246 e. The molecule has 116 valence electrons. The van der Waals surface area contributed by atoms with Gasteiger partial charge in [-0.25, -0.2) is 8.42 Å². The molecule has 1 amide bonds. The number of nitrogens with zero attached hydrogens (tertiary/aromatic N) is 1. The summed E-state index contributed by atoms with van der Waals surface area (Å²) in [5, 5.41) is 2.61. The van der Waals surface area contributed by atoms with Crippen LogP contribution < -0.4 is 10.1 Å². The van der Waals surface area contributed by atoms with Crippen LogP contribution in [0.15, 0.2) is 29.2 Å². The zero-order valence-electron chi connectivity index (χ0n) is 12.2. The minimum absolute atomic E-state index is 0.0238. The summed E-state index contributed by atoms with van der Waals surface area (Å²) >= 11 is 0. The van der Waals surface area contributed by atoms with E-state index in [2.05, 4.69) is 5.32 Å². The smallest absolute Gasteiger partial charge is 0.246 e. The van der Waals surface area contributed by atoms with Gasteiger partial charge in [-0.1, -0.05) is 12.1 Å². The van der Waals surface area contributed by atoms with Crippen LogP contribution >= 0.6 is 0 Å². The predicted octanol–water partition coefficient (Wildman–Crippen LogP) is 0.842. The number of hydrogen-bond donors (Lipinski definition) is 1. The third kappa shape index (κ3) is 3.19. The van der Waals surface area contributed by atoms with Crippen LogP contribution in [0.25, 0.3) is 0 Å². The Labute approximate surface area is 125 Å². The molecule has 21 heavy (non-hydrogen) atoms. The van der Waals surface area contributed by atoms with E-state index in [0.29, 0.717) is 31.7 Å². The number of nitrogens with one attached hydrogen (secondary N) is 1. The Morgan fingerprint density at radius 3 is 2.48 bits per heavy atom. The largest absolute Gasteiger partial charge is 0.495 e. The number of carbonyl (C=O) groups excluding carboxylic acids is 1. The van der Waals surface area contributed by atoms with Crippen LogP contribution in [0, 0.1) is 5.92 Å². The number of hydrogen-bond acceptors (Lipinski definition) is 4. The van der Waals surface area contributed by atoms with Crippen molar-refractivity contribution in [3.8, 4) is 5.75 Å². The molecular formula is C14H20N2O4S. The summed E-state index contributed by atoms with van der Waals surface area (Å²) < 4.78 is 31.9. The second kappa shape index (κ2) is 6.44. The van der Waals surface area contributed by atoms with E-state index >= 15 is 0 Å². The van der Waals surface area contributed by atoms with Gasteiger partial charge in [-0.3, -0.25) is 4.79 Å². The van der Waals surface area contributed by atoms with E-state index in [0.717, 1.165) is 0 Å². The van der Waals surface area contributed by atoms with Crippen molar-refractivity contribution >= 4 is 15.9 Å². The lowest BCUT2D eigenvalue weighted by Gasteiger charge is -2.30. The van der Waals surface area contributed by atoms with Gasteiger partial charge in [0, 0.05) is 26.1 Å². The fourth-order valence-corrected chi connectivity index (χ4v) is 4.16. The van der Waals surface area contributed by atoms with Crippen LogP contribution in [0.5, 0.6) is 5.75 Å². The molecule has 6 nitrogen and oxygen atoms in total. The number of benzene rings is 1. The van der Waals surface area contributed by atoms with Gasteiger partial charge >= 0.3 is 0 Å². The molecule has 0 spiro atoms. The van der Waals surface area contributed by atoms with E-state index in [1.165, 1.54) is 11.4 Å². The molecule has 1 aliphatic heterocycles. The molecule has 1 saturated heterocycles. The molecular weight excluding hydrogens is 292 g/mol. The van der Waals surface area contributed by atoms with Crippen molar-refractivity contribution in [2.24, 2.45) is 5.92 Å². The van der Waals surface area contributed by atoms with Crippen molar-refractivity contribution in [1.29, 1.82) is 0 Å². The lowest BCUT2D eigenvalue weighted by atomic mass is 9.97. The molecule has 7 heteroatoms. The molecule has 0 saturated carbocycles. The molecule has 1 fully saturated rings. The summed E-state index contributed by atoms with van der Waals surface area (Å²) in [4.78, 5) is 11.8. The Morgan fingerprint density at radius 2 is 1.90 bits per heavy atom. The molecule has 1 aromatic rings. The SMILES string of the molecule is CNC(=O)C1CCN(S(=O)(=O)c2ccccc2OC)CC1. The Hall–Kier alpha value is -1.60. The molecule has 0 unspecified atom stereocenters. The molecule has 1 aliphatic rings. The average molecular weight is 312 g/mol. The van der Waals surface area contributed by atoms with Crippen LogP contribution in [-0.4, -0.2) is 45.9 Å². The maximum atomic E-state index is 12.7. The number of piperidine rings is 1. The summed E-state index contributed by atoms with van der Waals surface area (Å²) in [6.45, 7) is 0.691. The van der Waals surface area contributed by atoms with Crippen molar-refractivity contribution < 1.29 is 17.9 Å². The maximum absolute atomic E-state index is 12.7. The Bertz CT molecular complexity index is 607. The third-order valence-electron chi connectivity index (χ3n) is 3.76. The molecule has 1 N–H and O–H groups in total. The van der Waals surface area contributed by atoms with E-state index in [1.54, 1.807) is 31.3 Å². The first kappa shape index (κ1) is 15.8. The highest BCUT2D eigenvalue weighted by molar-refractivity contribution is 7.89. The van der Waals surface area contributed by atoms with Gasteiger partial charge < -0.3 is 10.1 Å². The second-order valence-electron chi connectivity index (χ2n) is 4.94. The highest BCUT2D eigenvalue weighted by Gasteiger charge is 2.33. The van der Waals surface area contributed by atoms with Gasteiger partial charge in [-0.05, 0) is 25.0 Å². The summed E-state index contributed by atoms with van der Waals surface area (Å²) in [5.74, 6) is 0.203. The molecule has 0 bridgehead atoms. The quantitative estimate of drug-likeness (QED) is 0.894. The van der Waals surface area contributed by atoms with Gasteiger partial charge in [0.05, 0.1) is 7.11 Å². The first-order chi connectivity index (χ1) is 10.0. The average Bonchev–Trinajstić information content (AvgIpc) is 2.54. The van der Waals surface area contributed by atoms with Gasteiger partial charge in [-0.2, -0.15) is 4.31 Å². The van der Waals surface area contributed by atoms with Gasteiger partial charge in [0.2, 0.25) is 15.9 Å². The number of carbonyl (C=O) groups is 1. The normalized spacial score (nSPS) is 17.4. The monoisotopic (exact) mass is 312 g/mol. The van der Waals surface area contributed by atoms with Crippen molar-refractivity contribution in [3.05, 3.63) is 24.3 Å². The lowest BCUT2D eigenvalue weighted by molar-refractivity contribution is -0.125. The zero-order chi connectivity index (χ0) is 15.5. The minimum atomic E-state index is -3.58. The van der Waals surface area contributed by atoms with Gasteiger partial charge in [0.1, 0.15) is 10.6 Å². The summed E-state index contributed by atoms with van der Waals surface area (Å²) in [6.07, 6.45) is 1.07. The first-order valence-electron chi connectivity index (χ1n) is 6.85. The number of ether oxygens (including phenoxy) is 1. The Balaban J connectivity index is 2.17. The topological polar surface area (TPSA) is 75.7 Å². The predicted molar refractivity (Wildman–Crippen MR) is 78.5 cm³/mol. The molecule has 2 rings (SSSR count). The van der Waals surface area contributed by atoms with Crippen LogP contribution in [0.4, 0.5) is 0 Å². The molecule has 0 radical (unpaired) electrons. The van der Waals surface area contributed by atoms with E-state index in [1.807, 2.05) is 0 Å². The number of methoxy groups -OCH3 is 1. The van der Waals surface area contributed by atoms with Crippen LogP contribution in [0.2, 0.25) is 0 Å². The van der Waals surface area contributed by atoms with Crippen LogP contribution in [0.1, 0.15) is 12.8 Å². The van der Waals surface area contributed by atoms with E-state index in [-0.39, 0.29) is 16.7 Å². The van der Waals surface area contributed by atoms with Gasteiger partial charge in [-0.15, -0.1) is 0 Å². The molecule has 1 heterocycles. The van der Waals surface area contributed by atoms with Crippen molar-refractivity contribution in [2.45, 2.75) is 17.7 Å². The fraction of sp³-hybridized carbons (Fsp3) is 0.500. The second-order valence-corrected chi connectivity index (χ2v) is 6.85.